The second-order valence-electron chi connectivity index (χ2n) is 5.12. The van der Waals surface area contributed by atoms with Crippen molar-refractivity contribution >= 4 is 17.1 Å². The fourth-order valence-corrected chi connectivity index (χ4v) is 2.45. The summed E-state index contributed by atoms with van der Waals surface area (Å²) in [6.45, 7) is 8.44. The first kappa shape index (κ1) is 13.4. The van der Waals surface area contributed by atoms with Gasteiger partial charge in [0.15, 0.2) is 0 Å². The molecule has 0 aliphatic rings. The van der Waals surface area contributed by atoms with Crippen LogP contribution in [-0.4, -0.2) is 10.8 Å². The molecular weight excluding hydrogens is 218 g/mol. The van der Waals surface area contributed by atoms with Crippen LogP contribution in [0.3, 0.4) is 0 Å². The highest BCUT2D eigenvalue weighted by atomic mass is 32.1. The number of hydrogen-bond donors (Lipinski definition) is 0. The summed E-state index contributed by atoms with van der Waals surface area (Å²) in [5.41, 5.74) is 1.29. The lowest BCUT2D eigenvalue weighted by molar-refractivity contribution is -0.118. The molecule has 0 N–H and O–H groups in total. The van der Waals surface area contributed by atoms with Crippen LogP contribution in [0, 0.1) is 0 Å². The Hall–Kier alpha value is -0.700. The molecule has 0 fully saturated rings. The van der Waals surface area contributed by atoms with Gasteiger partial charge in [-0.3, -0.25) is 4.79 Å². The number of hydrogen-bond acceptors (Lipinski definition) is 3. The molecule has 3 heteroatoms. The molecule has 0 spiro atoms. The molecule has 0 saturated heterocycles. The zero-order valence-electron chi connectivity index (χ0n) is 10.7. The largest absolute Gasteiger partial charge is 0.300 e. The standard InChI is InChI=1S/C13H21NOS/c1-5-10(15)7-6-8-12-14-11(9-16-12)13(2,3)4/h9H,5-8H2,1-4H3. The second-order valence-corrected chi connectivity index (χ2v) is 6.06. The van der Waals surface area contributed by atoms with Crippen LogP contribution in [0.1, 0.15) is 57.7 Å². The number of nitrogens with zero attached hydrogens (tertiary/aromatic N) is 1. The van der Waals surface area contributed by atoms with E-state index in [1.807, 2.05) is 6.92 Å². The van der Waals surface area contributed by atoms with Gasteiger partial charge in [0.25, 0.3) is 0 Å². The van der Waals surface area contributed by atoms with Gasteiger partial charge in [0.1, 0.15) is 5.78 Å². The lowest BCUT2D eigenvalue weighted by Crippen LogP contribution is -2.11. The first-order valence-corrected chi connectivity index (χ1v) is 6.78. The van der Waals surface area contributed by atoms with Crippen molar-refractivity contribution in [1.29, 1.82) is 0 Å². The SMILES string of the molecule is CCC(=O)CCCc1nc(C(C)(C)C)cs1. The Labute approximate surface area is 102 Å². The molecule has 90 valence electrons. The number of aromatic nitrogens is 1. The number of carbonyl (C=O) groups excluding carboxylic acids is 1. The number of ketones is 1. The van der Waals surface area contributed by atoms with Gasteiger partial charge in [-0.05, 0) is 12.8 Å². The molecule has 0 aromatic carbocycles. The predicted octanol–water partition coefficient (Wildman–Crippen LogP) is 3.74. The molecule has 0 aliphatic heterocycles. The van der Waals surface area contributed by atoms with Gasteiger partial charge in [-0.25, -0.2) is 4.98 Å². The Balaban J connectivity index is 2.44. The second kappa shape index (κ2) is 5.58. The molecule has 0 saturated carbocycles. The van der Waals surface area contributed by atoms with Crippen LogP contribution in [0.2, 0.25) is 0 Å². The maximum Gasteiger partial charge on any atom is 0.132 e. The third-order valence-corrected chi connectivity index (χ3v) is 3.47. The Morgan fingerprint density at radius 2 is 2.12 bits per heavy atom. The van der Waals surface area contributed by atoms with Crippen molar-refractivity contribution in [3.05, 3.63) is 16.1 Å². The molecule has 0 amide bonds. The van der Waals surface area contributed by atoms with Crippen LogP contribution in [0.5, 0.6) is 0 Å². The topological polar surface area (TPSA) is 30.0 Å². The molecule has 0 aliphatic carbocycles. The smallest absolute Gasteiger partial charge is 0.132 e. The average Bonchev–Trinajstić information content (AvgIpc) is 2.65. The summed E-state index contributed by atoms with van der Waals surface area (Å²) >= 11 is 1.71. The minimum Gasteiger partial charge on any atom is -0.300 e. The van der Waals surface area contributed by atoms with Gasteiger partial charge in [0.2, 0.25) is 0 Å². The zero-order chi connectivity index (χ0) is 12.2. The maximum atomic E-state index is 11.1. The van der Waals surface area contributed by atoms with Gasteiger partial charge < -0.3 is 0 Å². The Morgan fingerprint density at radius 1 is 1.44 bits per heavy atom. The van der Waals surface area contributed by atoms with Crippen LogP contribution in [0.15, 0.2) is 5.38 Å². The van der Waals surface area contributed by atoms with Crippen LogP contribution in [0.4, 0.5) is 0 Å². The molecule has 0 radical (unpaired) electrons. The van der Waals surface area contributed by atoms with Crippen molar-refractivity contribution in [3.8, 4) is 0 Å². The van der Waals surface area contributed by atoms with E-state index < -0.39 is 0 Å². The van der Waals surface area contributed by atoms with Crippen LogP contribution < -0.4 is 0 Å². The summed E-state index contributed by atoms with van der Waals surface area (Å²) in [5.74, 6) is 0.354. The van der Waals surface area contributed by atoms with Crippen LogP contribution in [0.25, 0.3) is 0 Å². The highest BCUT2D eigenvalue weighted by molar-refractivity contribution is 7.09. The predicted molar refractivity (Wildman–Crippen MR) is 69.1 cm³/mol. The quantitative estimate of drug-likeness (QED) is 0.783. The first-order valence-electron chi connectivity index (χ1n) is 5.90. The van der Waals surface area contributed by atoms with Gasteiger partial charge in [-0.2, -0.15) is 0 Å². The molecule has 2 nitrogen and oxygen atoms in total. The highest BCUT2D eigenvalue weighted by Gasteiger charge is 2.17. The lowest BCUT2D eigenvalue weighted by atomic mass is 9.93. The Kier molecular flexibility index (Phi) is 4.66. The molecule has 16 heavy (non-hydrogen) atoms. The van der Waals surface area contributed by atoms with Crippen LogP contribution in [-0.2, 0) is 16.6 Å². The van der Waals surface area contributed by atoms with E-state index in [1.54, 1.807) is 11.3 Å². The van der Waals surface area contributed by atoms with Gasteiger partial charge >= 0.3 is 0 Å². The summed E-state index contributed by atoms with van der Waals surface area (Å²) in [5, 5.41) is 3.30. The molecule has 0 bridgehead atoms. The van der Waals surface area contributed by atoms with E-state index in [1.165, 1.54) is 0 Å². The summed E-state index contributed by atoms with van der Waals surface area (Å²) in [4.78, 5) is 15.8. The van der Waals surface area contributed by atoms with E-state index >= 15 is 0 Å². The van der Waals surface area contributed by atoms with Crippen molar-refractivity contribution in [2.24, 2.45) is 0 Å². The fraction of sp³-hybridized carbons (Fsp3) is 0.692. The lowest BCUT2D eigenvalue weighted by Gasteiger charge is -2.14. The summed E-state index contributed by atoms with van der Waals surface area (Å²) in [6.07, 6.45) is 3.22. The van der Waals surface area contributed by atoms with Crippen molar-refractivity contribution in [1.82, 2.24) is 4.98 Å². The van der Waals surface area contributed by atoms with Crippen LogP contribution >= 0.6 is 11.3 Å². The minimum absolute atomic E-state index is 0.133. The zero-order valence-corrected chi connectivity index (χ0v) is 11.5. The third-order valence-electron chi connectivity index (χ3n) is 2.56. The molecule has 1 heterocycles. The van der Waals surface area contributed by atoms with E-state index in [4.69, 9.17) is 0 Å². The number of aryl methyl sites for hydroxylation is 1. The first-order chi connectivity index (χ1) is 7.43. The normalized spacial score (nSPS) is 11.8. The Morgan fingerprint density at radius 3 is 2.62 bits per heavy atom. The molecular formula is C13H21NOS. The van der Waals surface area contributed by atoms with E-state index in [0.29, 0.717) is 18.6 Å². The summed E-state index contributed by atoms with van der Waals surface area (Å²) < 4.78 is 0. The maximum absolute atomic E-state index is 11.1. The third kappa shape index (κ3) is 4.05. The number of rotatable bonds is 5. The van der Waals surface area contributed by atoms with Gasteiger partial charge in [0, 0.05) is 23.6 Å². The van der Waals surface area contributed by atoms with E-state index in [2.05, 4.69) is 31.1 Å². The summed E-state index contributed by atoms with van der Waals surface area (Å²) in [7, 11) is 0. The molecule has 0 unspecified atom stereocenters. The monoisotopic (exact) mass is 239 g/mol. The minimum atomic E-state index is 0.133. The van der Waals surface area contributed by atoms with E-state index in [-0.39, 0.29) is 5.41 Å². The van der Waals surface area contributed by atoms with Gasteiger partial charge in [0.05, 0.1) is 10.7 Å². The fourth-order valence-electron chi connectivity index (χ4n) is 1.38. The highest BCUT2D eigenvalue weighted by Crippen LogP contribution is 2.24. The van der Waals surface area contributed by atoms with Crippen molar-refractivity contribution in [2.45, 2.75) is 58.8 Å². The van der Waals surface area contributed by atoms with Crippen molar-refractivity contribution in [3.63, 3.8) is 0 Å². The molecule has 1 rings (SSSR count). The summed E-state index contributed by atoms with van der Waals surface area (Å²) in [6, 6.07) is 0. The molecule has 1 aromatic heterocycles. The van der Waals surface area contributed by atoms with Gasteiger partial charge in [-0.1, -0.05) is 27.7 Å². The number of thiazole rings is 1. The number of carbonyl (C=O) groups is 1. The molecule has 0 atom stereocenters. The Bertz CT molecular complexity index is 349. The van der Waals surface area contributed by atoms with Gasteiger partial charge in [-0.15, -0.1) is 11.3 Å². The van der Waals surface area contributed by atoms with Crippen molar-refractivity contribution in [2.75, 3.05) is 0 Å². The molecule has 1 aromatic rings. The van der Waals surface area contributed by atoms with E-state index in [9.17, 15) is 4.79 Å². The average molecular weight is 239 g/mol. The van der Waals surface area contributed by atoms with E-state index in [0.717, 1.165) is 23.5 Å². The van der Waals surface area contributed by atoms with Crippen molar-refractivity contribution < 1.29 is 4.79 Å². The number of Topliss-reactive ketones (excluding diaryl/α,β-unsaturated/α-hetero) is 1.